The van der Waals surface area contributed by atoms with E-state index in [0.29, 0.717) is 24.9 Å². The lowest BCUT2D eigenvalue weighted by atomic mass is 10.2. The van der Waals surface area contributed by atoms with Gasteiger partial charge in [0.05, 0.1) is 30.0 Å². The van der Waals surface area contributed by atoms with Gasteiger partial charge in [-0.25, -0.2) is 9.97 Å². The molecule has 1 aliphatic carbocycles. The molecule has 1 saturated heterocycles. The van der Waals surface area contributed by atoms with E-state index in [9.17, 15) is 4.79 Å². The van der Waals surface area contributed by atoms with Crippen LogP contribution in [-0.2, 0) is 11.3 Å². The summed E-state index contributed by atoms with van der Waals surface area (Å²) in [6, 6.07) is 3.65. The first-order valence-electron chi connectivity index (χ1n) is 8.20. The van der Waals surface area contributed by atoms with E-state index in [1.807, 2.05) is 6.07 Å². The molecule has 7 heteroatoms. The fraction of sp³-hybridized carbons (Fsp3) is 0.471. The maximum absolute atomic E-state index is 12.5. The van der Waals surface area contributed by atoms with Crippen molar-refractivity contribution in [2.75, 3.05) is 31.6 Å². The van der Waals surface area contributed by atoms with Crippen molar-refractivity contribution in [1.82, 2.24) is 14.9 Å². The van der Waals surface area contributed by atoms with Gasteiger partial charge >= 0.3 is 0 Å². The van der Waals surface area contributed by atoms with Crippen LogP contribution in [0.1, 0.15) is 29.5 Å². The van der Waals surface area contributed by atoms with Gasteiger partial charge < -0.3 is 9.64 Å². The molecule has 6 nitrogen and oxygen atoms in total. The number of anilines is 1. The minimum atomic E-state index is 0.104. The van der Waals surface area contributed by atoms with E-state index >= 15 is 0 Å². The molecule has 0 unspecified atom stereocenters. The first kappa shape index (κ1) is 15.5. The van der Waals surface area contributed by atoms with Gasteiger partial charge in [-0.3, -0.25) is 9.69 Å². The van der Waals surface area contributed by atoms with E-state index in [1.165, 1.54) is 17.8 Å². The van der Waals surface area contributed by atoms with Crippen molar-refractivity contribution in [1.29, 1.82) is 0 Å². The van der Waals surface area contributed by atoms with Crippen LogP contribution in [0.3, 0.4) is 0 Å². The number of aromatic nitrogens is 2. The molecule has 0 radical (unpaired) electrons. The number of pyridine rings is 1. The summed E-state index contributed by atoms with van der Waals surface area (Å²) in [5, 5.41) is 3.40. The van der Waals surface area contributed by atoms with Gasteiger partial charge in [0.15, 0.2) is 0 Å². The van der Waals surface area contributed by atoms with Crippen LogP contribution in [0.2, 0.25) is 0 Å². The van der Waals surface area contributed by atoms with Gasteiger partial charge in [-0.2, -0.15) is 0 Å². The summed E-state index contributed by atoms with van der Waals surface area (Å²) in [6.45, 7) is 2.68. The SMILES string of the molecule is COc1cc(N2CCN(Cc3csc(C4CC4)n3)CC2=O)ccn1. The number of piperazine rings is 1. The Morgan fingerprint density at radius 1 is 1.38 bits per heavy atom. The number of rotatable bonds is 5. The van der Waals surface area contributed by atoms with Crippen LogP contribution in [0.5, 0.6) is 5.88 Å². The van der Waals surface area contributed by atoms with Gasteiger partial charge in [0, 0.05) is 43.2 Å². The molecule has 4 rings (SSSR count). The Morgan fingerprint density at radius 3 is 3.00 bits per heavy atom. The molecule has 1 saturated carbocycles. The third-order valence-electron chi connectivity index (χ3n) is 4.42. The van der Waals surface area contributed by atoms with Crippen molar-refractivity contribution in [2.45, 2.75) is 25.3 Å². The predicted molar refractivity (Wildman–Crippen MR) is 92.5 cm³/mol. The fourth-order valence-corrected chi connectivity index (χ4v) is 3.93. The van der Waals surface area contributed by atoms with Crippen molar-refractivity contribution in [3.8, 4) is 5.88 Å². The van der Waals surface area contributed by atoms with Crippen LogP contribution in [0, 0.1) is 0 Å². The summed E-state index contributed by atoms with van der Waals surface area (Å²) in [7, 11) is 1.58. The summed E-state index contributed by atoms with van der Waals surface area (Å²) < 4.78 is 5.14. The first-order valence-corrected chi connectivity index (χ1v) is 9.08. The van der Waals surface area contributed by atoms with Gasteiger partial charge in [-0.15, -0.1) is 11.3 Å². The molecule has 2 fully saturated rings. The van der Waals surface area contributed by atoms with Gasteiger partial charge in [-0.1, -0.05) is 0 Å². The molecule has 2 aromatic heterocycles. The third-order valence-corrected chi connectivity index (χ3v) is 5.48. The molecule has 0 bridgehead atoms. The standard InChI is InChI=1S/C17H20N4O2S/c1-23-15-8-14(4-5-18-15)21-7-6-20(10-16(21)22)9-13-11-24-17(19-13)12-2-3-12/h4-5,8,11-12H,2-3,6-7,9-10H2,1H3. The number of nitrogens with zero attached hydrogens (tertiary/aromatic N) is 4. The highest BCUT2D eigenvalue weighted by molar-refractivity contribution is 7.09. The van der Waals surface area contributed by atoms with Crippen LogP contribution >= 0.6 is 11.3 Å². The summed E-state index contributed by atoms with van der Waals surface area (Å²) >= 11 is 1.76. The maximum Gasteiger partial charge on any atom is 0.241 e. The van der Waals surface area contributed by atoms with Gasteiger partial charge in [0.2, 0.25) is 11.8 Å². The number of hydrogen-bond donors (Lipinski definition) is 0. The molecule has 24 heavy (non-hydrogen) atoms. The molecule has 3 heterocycles. The van der Waals surface area contributed by atoms with E-state index in [-0.39, 0.29) is 5.91 Å². The Balaban J connectivity index is 1.39. The second-order valence-electron chi connectivity index (χ2n) is 6.26. The lowest BCUT2D eigenvalue weighted by Crippen LogP contribution is -2.50. The smallest absolute Gasteiger partial charge is 0.241 e. The minimum Gasteiger partial charge on any atom is -0.481 e. The molecule has 1 aliphatic heterocycles. The van der Waals surface area contributed by atoms with Gasteiger partial charge in [0.1, 0.15) is 0 Å². The lowest BCUT2D eigenvalue weighted by molar-refractivity contribution is -0.121. The Labute approximate surface area is 145 Å². The molecule has 0 spiro atoms. The predicted octanol–water partition coefficient (Wildman–Crippen LogP) is 2.27. The van der Waals surface area contributed by atoms with Crippen LogP contribution in [0.4, 0.5) is 5.69 Å². The number of methoxy groups -OCH3 is 1. The first-order chi connectivity index (χ1) is 11.7. The fourth-order valence-electron chi connectivity index (χ4n) is 2.95. The molecular formula is C17H20N4O2S. The van der Waals surface area contributed by atoms with Crippen molar-refractivity contribution >= 4 is 22.9 Å². The average Bonchev–Trinajstić information content (AvgIpc) is 3.35. The number of thiazole rings is 1. The van der Waals surface area contributed by atoms with Crippen LogP contribution in [0.25, 0.3) is 0 Å². The monoisotopic (exact) mass is 344 g/mol. The zero-order valence-electron chi connectivity index (χ0n) is 13.6. The maximum atomic E-state index is 12.5. The normalized spacial score (nSPS) is 18.9. The summed E-state index contributed by atoms with van der Waals surface area (Å²) in [5.41, 5.74) is 1.94. The molecule has 0 N–H and O–H groups in total. The molecule has 2 aromatic rings. The quantitative estimate of drug-likeness (QED) is 0.833. The molecule has 126 valence electrons. The van der Waals surface area contributed by atoms with Crippen LogP contribution < -0.4 is 9.64 Å². The van der Waals surface area contributed by atoms with Crippen LogP contribution in [0.15, 0.2) is 23.7 Å². The third kappa shape index (κ3) is 3.27. The van der Waals surface area contributed by atoms with Crippen molar-refractivity contribution in [2.24, 2.45) is 0 Å². The topological polar surface area (TPSA) is 58.6 Å². The molecule has 1 amide bonds. The Kier molecular flexibility index (Phi) is 4.20. The Hall–Kier alpha value is -1.99. The number of carbonyl (C=O) groups is 1. The van der Waals surface area contributed by atoms with E-state index in [4.69, 9.17) is 9.72 Å². The number of hydrogen-bond acceptors (Lipinski definition) is 6. The van der Waals surface area contributed by atoms with E-state index < -0.39 is 0 Å². The average molecular weight is 344 g/mol. The zero-order chi connectivity index (χ0) is 16.5. The van der Waals surface area contributed by atoms with E-state index in [1.54, 1.807) is 35.6 Å². The zero-order valence-corrected chi connectivity index (χ0v) is 14.5. The summed E-state index contributed by atoms with van der Waals surface area (Å²) in [4.78, 5) is 25.3. The second-order valence-corrected chi connectivity index (χ2v) is 7.15. The lowest BCUT2D eigenvalue weighted by Gasteiger charge is -2.34. The van der Waals surface area contributed by atoms with Gasteiger partial charge in [-0.05, 0) is 18.9 Å². The Morgan fingerprint density at radius 2 is 2.25 bits per heavy atom. The highest BCUT2D eigenvalue weighted by Crippen LogP contribution is 2.41. The number of ether oxygens (including phenoxy) is 1. The highest BCUT2D eigenvalue weighted by atomic mass is 32.1. The number of amides is 1. The summed E-state index contributed by atoms with van der Waals surface area (Å²) in [6.07, 6.45) is 4.22. The molecule has 2 aliphatic rings. The van der Waals surface area contributed by atoms with Crippen LogP contribution in [-0.4, -0.2) is 47.5 Å². The largest absolute Gasteiger partial charge is 0.481 e. The van der Waals surface area contributed by atoms with Gasteiger partial charge in [0.25, 0.3) is 0 Å². The number of carbonyl (C=O) groups excluding carboxylic acids is 1. The second kappa shape index (κ2) is 6.49. The minimum absolute atomic E-state index is 0.104. The molecule has 0 aromatic carbocycles. The van der Waals surface area contributed by atoms with Crippen molar-refractivity contribution in [3.63, 3.8) is 0 Å². The summed E-state index contributed by atoms with van der Waals surface area (Å²) in [5.74, 6) is 1.33. The molecule has 0 atom stereocenters. The highest BCUT2D eigenvalue weighted by Gasteiger charge is 2.28. The van der Waals surface area contributed by atoms with E-state index in [0.717, 1.165) is 24.5 Å². The Bertz CT molecular complexity index is 744. The van der Waals surface area contributed by atoms with Crippen molar-refractivity contribution < 1.29 is 9.53 Å². The molecular weight excluding hydrogens is 324 g/mol. The van der Waals surface area contributed by atoms with E-state index in [2.05, 4.69) is 15.3 Å². The van der Waals surface area contributed by atoms with Crippen molar-refractivity contribution in [3.05, 3.63) is 34.4 Å².